The van der Waals surface area contributed by atoms with E-state index in [-0.39, 0.29) is 11.0 Å². The van der Waals surface area contributed by atoms with E-state index in [2.05, 4.69) is 143 Å². The van der Waals surface area contributed by atoms with Crippen molar-refractivity contribution in [3.8, 4) is 22.6 Å². The van der Waals surface area contributed by atoms with Crippen molar-refractivity contribution in [2.75, 3.05) is 0 Å². The number of aryl methyl sites for hydroxylation is 2. The smallest absolute Gasteiger partial charge is 0.262 e. The SMILES string of the molecule is CCCCc1ccc2c3[n+](cnc2c1)C(CC)(CC)C=C(C[n+]1ccccc1-c1cc(C(C)(C)C)nn1C)c1ccccc1-3. The number of hydrogen-bond donors (Lipinski definition) is 0. The Morgan fingerprint density at radius 2 is 1.64 bits per heavy atom. The first-order valence-electron chi connectivity index (χ1n) is 16.4. The molecule has 5 nitrogen and oxygen atoms in total. The van der Waals surface area contributed by atoms with Gasteiger partial charge in [-0.1, -0.05) is 78.3 Å². The highest BCUT2D eigenvalue weighted by Gasteiger charge is 2.39. The van der Waals surface area contributed by atoms with Gasteiger partial charge in [0, 0.05) is 35.7 Å². The zero-order chi connectivity index (χ0) is 31.1. The summed E-state index contributed by atoms with van der Waals surface area (Å²) < 4.78 is 6.89. The summed E-state index contributed by atoms with van der Waals surface area (Å²) in [7, 11) is 2.06. The summed E-state index contributed by atoms with van der Waals surface area (Å²) in [5.74, 6) is 0. The molecule has 226 valence electrons. The van der Waals surface area contributed by atoms with Crippen LogP contribution >= 0.6 is 0 Å². The number of fused-ring (bicyclic) bond motifs is 5. The predicted octanol–water partition coefficient (Wildman–Crippen LogP) is 8.13. The molecule has 0 unspecified atom stereocenters. The van der Waals surface area contributed by atoms with E-state index in [0.29, 0.717) is 0 Å². The topological polar surface area (TPSA) is 38.5 Å². The number of nitrogens with zero attached hydrogens (tertiary/aromatic N) is 5. The van der Waals surface area contributed by atoms with E-state index in [1.807, 2.05) is 4.68 Å². The van der Waals surface area contributed by atoms with Gasteiger partial charge in [-0.15, -0.1) is 0 Å². The van der Waals surface area contributed by atoms with Crippen molar-refractivity contribution in [3.05, 3.63) is 102 Å². The molecule has 0 saturated heterocycles. The van der Waals surface area contributed by atoms with Gasteiger partial charge < -0.3 is 0 Å². The van der Waals surface area contributed by atoms with E-state index in [1.165, 1.54) is 46.2 Å². The van der Waals surface area contributed by atoms with E-state index in [1.54, 1.807) is 0 Å². The monoisotopic (exact) mass is 585 g/mol. The molecule has 0 radical (unpaired) electrons. The molecule has 44 heavy (non-hydrogen) atoms. The number of aromatic nitrogens is 5. The van der Waals surface area contributed by atoms with Crippen LogP contribution in [0.15, 0.2) is 85.3 Å². The van der Waals surface area contributed by atoms with Gasteiger partial charge >= 0.3 is 0 Å². The fourth-order valence-electron chi connectivity index (χ4n) is 6.81. The molecule has 2 aromatic carbocycles. The largest absolute Gasteiger partial charge is 0.288 e. The molecule has 0 aliphatic carbocycles. The lowest BCUT2D eigenvalue weighted by Crippen LogP contribution is -2.56. The van der Waals surface area contributed by atoms with Crippen molar-refractivity contribution >= 4 is 16.5 Å². The molecular formula is C39H47N5+2. The number of rotatable bonds is 8. The minimum absolute atomic E-state index is 0.0171. The van der Waals surface area contributed by atoms with Crippen LogP contribution in [0.1, 0.15) is 84.0 Å². The predicted molar refractivity (Wildman–Crippen MR) is 180 cm³/mol. The fourth-order valence-corrected chi connectivity index (χ4v) is 6.81. The average molecular weight is 586 g/mol. The summed E-state index contributed by atoms with van der Waals surface area (Å²) in [4.78, 5) is 5.08. The standard InChI is InChI=1S/C39H47N5/c1-8-11-16-28-20-21-32-33(23-28)40-27-44-37(32)31-18-13-12-17-30(31)29(25-39(44,9-2)10-3)26-43-22-15-14-19-34(43)35-24-36(38(4,5)6)41-42(35)7/h12-15,17-25,27H,8-11,16,26H2,1-7H3/q+2. The van der Waals surface area contributed by atoms with Crippen LogP contribution in [0.5, 0.6) is 0 Å². The van der Waals surface area contributed by atoms with Crippen molar-refractivity contribution in [1.29, 1.82) is 0 Å². The van der Waals surface area contributed by atoms with E-state index >= 15 is 0 Å². The Morgan fingerprint density at radius 3 is 2.34 bits per heavy atom. The van der Waals surface area contributed by atoms with Crippen LogP contribution in [0, 0.1) is 0 Å². The first kappa shape index (κ1) is 29.9. The molecule has 5 aromatic rings. The average Bonchev–Trinajstić information content (AvgIpc) is 3.38. The minimum atomic E-state index is -0.201. The Morgan fingerprint density at radius 1 is 0.886 bits per heavy atom. The van der Waals surface area contributed by atoms with Crippen molar-refractivity contribution in [3.63, 3.8) is 0 Å². The Balaban J connectivity index is 1.53. The first-order valence-corrected chi connectivity index (χ1v) is 16.4. The van der Waals surface area contributed by atoms with Gasteiger partial charge in [-0.2, -0.15) is 9.67 Å². The Bertz CT molecular complexity index is 1850. The second-order valence-corrected chi connectivity index (χ2v) is 13.4. The maximum atomic E-state index is 5.08. The number of hydrogen-bond acceptors (Lipinski definition) is 2. The molecule has 3 aromatic heterocycles. The fraction of sp³-hybridized carbons (Fsp3) is 0.385. The molecule has 0 saturated carbocycles. The van der Waals surface area contributed by atoms with E-state index in [4.69, 9.17) is 10.1 Å². The summed E-state index contributed by atoms with van der Waals surface area (Å²) in [6, 6.07) is 24.6. The van der Waals surface area contributed by atoms with Gasteiger partial charge in [-0.25, -0.2) is 4.57 Å². The molecule has 1 aliphatic heterocycles. The molecule has 6 rings (SSSR count). The van der Waals surface area contributed by atoms with Gasteiger partial charge in [0.15, 0.2) is 18.3 Å². The summed E-state index contributed by atoms with van der Waals surface area (Å²) in [5, 5.41) is 6.12. The van der Waals surface area contributed by atoms with Crippen LogP contribution in [0.4, 0.5) is 0 Å². The van der Waals surface area contributed by atoms with E-state index in [9.17, 15) is 0 Å². The Labute approximate surface area is 262 Å². The quantitative estimate of drug-likeness (QED) is 0.173. The molecule has 1 aliphatic rings. The Hall–Kier alpha value is -4.12. The van der Waals surface area contributed by atoms with E-state index in [0.717, 1.165) is 48.4 Å². The van der Waals surface area contributed by atoms with Crippen molar-refractivity contribution in [1.82, 2.24) is 14.8 Å². The minimum Gasteiger partial charge on any atom is -0.262 e. The number of pyridine rings is 1. The maximum absolute atomic E-state index is 5.08. The van der Waals surface area contributed by atoms with Gasteiger partial charge in [0.1, 0.15) is 16.9 Å². The number of allylic oxidation sites excluding steroid dienone is 2. The molecular weight excluding hydrogens is 538 g/mol. The Kier molecular flexibility index (Phi) is 8.00. The van der Waals surface area contributed by atoms with Crippen molar-refractivity contribution in [2.45, 2.75) is 91.1 Å². The third kappa shape index (κ3) is 5.27. The van der Waals surface area contributed by atoms with Crippen molar-refractivity contribution in [2.24, 2.45) is 7.05 Å². The summed E-state index contributed by atoms with van der Waals surface area (Å²) in [6.07, 6.45) is 12.3. The third-order valence-corrected chi connectivity index (χ3v) is 9.56. The maximum Gasteiger partial charge on any atom is 0.288 e. The van der Waals surface area contributed by atoms with Crippen LogP contribution in [0.3, 0.4) is 0 Å². The molecule has 0 fully saturated rings. The highest BCUT2D eigenvalue weighted by Crippen LogP contribution is 2.39. The highest BCUT2D eigenvalue weighted by atomic mass is 15.3. The zero-order valence-corrected chi connectivity index (χ0v) is 27.6. The van der Waals surface area contributed by atoms with Gasteiger partial charge in [-0.05, 0) is 72.1 Å². The lowest BCUT2D eigenvalue weighted by Gasteiger charge is -2.27. The number of unbranched alkanes of at least 4 members (excludes halogenated alkanes) is 1. The molecule has 0 spiro atoms. The lowest BCUT2D eigenvalue weighted by atomic mass is 9.88. The molecule has 0 N–H and O–H groups in total. The molecule has 0 atom stereocenters. The van der Waals surface area contributed by atoms with Crippen LogP contribution in [0.2, 0.25) is 0 Å². The number of benzene rings is 2. The lowest BCUT2D eigenvalue weighted by molar-refractivity contribution is -0.745. The van der Waals surface area contributed by atoms with E-state index < -0.39 is 0 Å². The zero-order valence-electron chi connectivity index (χ0n) is 27.6. The molecule has 5 heteroatoms. The highest BCUT2D eigenvalue weighted by molar-refractivity contribution is 5.94. The van der Waals surface area contributed by atoms with Gasteiger partial charge in [-0.3, -0.25) is 4.68 Å². The van der Waals surface area contributed by atoms with Gasteiger partial charge in [0.25, 0.3) is 6.33 Å². The van der Waals surface area contributed by atoms with Crippen LogP contribution in [-0.2, 0) is 31.0 Å². The van der Waals surface area contributed by atoms with Gasteiger partial charge in [0.05, 0.1) is 11.1 Å². The third-order valence-electron chi connectivity index (χ3n) is 9.56. The van der Waals surface area contributed by atoms with Gasteiger partial charge in [0.2, 0.25) is 5.69 Å². The summed E-state index contributed by atoms with van der Waals surface area (Å²) in [6.45, 7) is 14.3. The molecule has 4 heterocycles. The van der Waals surface area contributed by atoms with Crippen LogP contribution in [-0.4, -0.2) is 14.8 Å². The second kappa shape index (κ2) is 11.8. The molecule has 0 amide bonds. The first-order chi connectivity index (χ1) is 21.2. The van der Waals surface area contributed by atoms with Crippen LogP contribution in [0.25, 0.3) is 39.1 Å². The van der Waals surface area contributed by atoms with Crippen LogP contribution < -0.4 is 9.13 Å². The second-order valence-electron chi connectivity index (χ2n) is 13.4. The summed E-state index contributed by atoms with van der Waals surface area (Å²) in [5.41, 5.74) is 10.8. The molecule has 0 bridgehead atoms. The summed E-state index contributed by atoms with van der Waals surface area (Å²) >= 11 is 0. The normalized spacial score (nSPS) is 14.2. The van der Waals surface area contributed by atoms with Crippen molar-refractivity contribution < 1.29 is 9.13 Å².